The van der Waals surface area contributed by atoms with E-state index >= 15 is 0 Å². The lowest BCUT2D eigenvalue weighted by molar-refractivity contribution is -0.118. The third kappa shape index (κ3) is 5.65. The van der Waals surface area contributed by atoms with Crippen LogP contribution in [0.4, 0.5) is 5.69 Å². The van der Waals surface area contributed by atoms with E-state index in [0.29, 0.717) is 23.6 Å². The number of terminal acetylenes is 1. The van der Waals surface area contributed by atoms with Crippen molar-refractivity contribution in [2.45, 2.75) is 6.61 Å². The smallest absolute Gasteiger partial charge is 0.262 e. The summed E-state index contributed by atoms with van der Waals surface area (Å²) in [7, 11) is 0. The van der Waals surface area contributed by atoms with Gasteiger partial charge in [0.25, 0.3) is 5.91 Å². The van der Waals surface area contributed by atoms with Crippen molar-refractivity contribution in [3.8, 4) is 23.8 Å². The van der Waals surface area contributed by atoms with Crippen LogP contribution >= 0.6 is 0 Å². The maximum Gasteiger partial charge on any atom is 0.262 e. The highest BCUT2D eigenvalue weighted by Crippen LogP contribution is 2.19. The van der Waals surface area contributed by atoms with Gasteiger partial charge in [-0.25, -0.2) is 0 Å². The van der Waals surface area contributed by atoms with Crippen LogP contribution in [0.1, 0.15) is 11.1 Å². The molecule has 1 amide bonds. The van der Waals surface area contributed by atoms with Crippen molar-refractivity contribution in [2.75, 3.05) is 11.9 Å². The number of hydrogen-bond acceptors (Lipinski definition) is 3. The van der Waals surface area contributed by atoms with Crippen LogP contribution in [0.2, 0.25) is 0 Å². The molecule has 0 radical (unpaired) electrons. The van der Waals surface area contributed by atoms with Gasteiger partial charge in [-0.2, -0.15) is 0 Å². The molecule has 0 aromatic heterocycles. The lowest BCUT2D eigenvalue weighted by Gasteiger charge is -2.09. The number of carbonyl (C=O) groups is 1. The third-order valence-electron chi connectivity index (χ3n) is 3.75. The Balaban J connectivity index is 1.46. The van der Waals surface area contributed by atoms with E-state index in [-0.39, 0.29) is 12.5 Å². The number of benzene rings is 3. The van der Waals surface area contributed by atoms with Gasteiger partial charge < -0.3 is 14.8 Å². The second kappa shape index (κ2) is 9.12. The molecule has 3 aromatic rings. The first-order valence-electron chi connectivity index (χ1n) is 8.49. The predicted molar refractivity (Wildman–Crippen MR) is 106 cm³/mol. The average molecular weight is 357 g/mol. The molecule has 0 saturated carbocycles. The lowest BCUT2D eigenvalue weighted by atomic mass is 10.2. The zero-order chi connectivity index (χ0) is 18.9. The van der Waals surface area contributed by atoms with Gasteiger partial charge in [0.05, 0.1) is 0 Å². The number of rotatable bonds is 7. The Bertz CT molecular complexity index is 928. The van der Waals surface area contributed by atoms with Crippen molar-refractivity contribution in [1.29, 1.82) is 0 Å². The largest absolute Gasteiger partial charge is 0.489 e. The molecule has 3 rings (SSSR count). The van der Waals surface area contributed by atoms with Crippen molar-refractivity contribution in [3.63, 3.8) is 0 Å². The van der Waals surface area contributed by atoms with Crippen LogP contribution in [0.5, 0.6) is 11.5 Å². The van der Waals surface area contributed by atoms with Crippen molar-refractivity contribution < 1.29 is 14.3 Å². The molecular formula is C23H19NO3. The number of hydrogen-bond donors (Lipinski definition) is 1. The Morgan fingerprint density at radius 1 is 0.889 bits per heavy atom. The first kappa shape index (κ1) is 18.1. The normalized spacial score (nSPS) is 9.89. The average Bonchev–Trinajstić information content (AvgIpc) is 2.72. The molecule has 0 atom stereocenters. The van der Waals surface area contributed by atoms with Gasteiger partial charge in [-0.05, 0) is 48.0 Å². The molecule has 1 N–H and O–H groups in total. The highest BCUT2D eigenvalue weighted by molar-refractivity contribution is 5.92. The third-order valence-corrected chi connectivity index (χ3v) is 3.75. The summed E-state index contributed by atoms with van der Waals surface area (Å²) in [6.07, 6.45) is 5.35. The summed E-state index contributed by atoms with van der Waals surface area (Å²) in [4.78, 5) is 12.0. The molecule has 0 fully saturated rings. The van der Waals surface area contributed by atoms with E-state index in [9.17, 15) is 4.79 Å². The van der Waals surface area contributed by atoms with Gasteiger partial charge in [0, 0.05) is 11.3 Å². The minimum absolute atomic E-state index is 0.0928. The zero-order valence-corrected chi connectivity index (χ0v) is 14.7. The van der Waals surface area contributed by atoms with Gasteiger partial charge in [0.1, 0.15) is 18.1 Å². The van der Waals surface area contributed by atoms with E-state index in [1.165, 1.54) is 0 Å². The molecule has 0 heterocycles. The maximum atomic E-state index is 12.0. The van der Waals surface area contributed by atoms with E-state index < -0.39 is 0 Å². The van der Waals surface area contributed by atoms with E-state index in [1.54, 1.807) is 36.4 Å². The molecule has 0 saturated heterocycles. The minimum atomic E-state index is -0.256. The lowest BCUT2D eigenvalue weighted by Crippen LogP contribution is -2.20. The number of ether oxygens (including phenoxy) is 2. The molecule has 134 valence electrons. The van der Waals surface area contributed by atoms with Crippen molar-refractivity contribution in [1.82, 2.24) is 0 Å². The van der Waals surface area contributed by atoms with E-state index in [2.05, 4.69) is 11.2 Å². The first-order chi connectivity index (χ1) is 13.2. The van der Waals surface area contributed by atoms with Crippen LogP contribution in [0.25, 0.3) is 0 Å². The molecule has 0 aliphatic rings. The molecule has 4 heteroatoms. The quantitative estimate of drug-likeness (QED) is 0.643. The van der Waals surface area contributed by atoms with Crippen molar-refractivity contribution in [2.24, 2.45) is 0 Å². The van der Waals surface area contributed by atoms with Crippen LogP contribution in [-0.2, 0) is 11.4 Å². The van der Waals surface area contributed by atoms with E-state index in [0.717, 1.165) is 11.3 Å². The molecule has 0 aliphatic carbocycles. The Kier molecular flexibility index (Phi) is 6.11. The molecule has 0 bridgehead atoms. The second-order valence-electron chi connectivity index (χ2n) is 5.81. The zero-order valence-electron chi connectivity index (χ0n) is 14.7. The summed E-state index contributed by atoms with van der Waals surface area (Å²) >= 11 is 0. The van der Waals surface area contributed by atoms with Crippen LogP contribution in [0.15, 0.2) is 78.9 Å². The summed E-state index contributed by atoms with van der Waals surface area (Å²) in [5, 5.41) is 2.75. The Morgan fingerprint density at radius 2 is 1.59 bits per heavy atom. The maximum absolute atomic E-state index is 12.0. The summed E-state index contributed by atoms with van der Waals surface area (Å²) in [5.74, 6) is 3.60. The molecule has 3 aromatic carbocycles. The molecule has 0 aliphatic heterocycles. The van der Waals surface area contributed by atoms with Crippen LogP contribution in [-0.4, -0.2) is 12.5 Å². The fraction of sp³-hybridized carbons (Fsp3) is 0.0870. The second-order valence-corrected chi connectivity index (χ2v) is 5.81. The molecule has 4 nitrogen and oxygen atoms in total. The number of nitrogens with one attached hydrogen (secondary N) is 1. The van der Waals surface area contributed by atoms with Gasteiger partial charge in [0.2, 0.25) is 0 Å². The van der Waals surface area contributed by atoms with Crippen LogP contribution in [0, 0.1) is 12.3 Å². The summed E-state index contributed by atoms with van der Waals surface area (Å²) in [6, 6.07) is 24.2. The highest BCUT2D eigenvalue weighted by atomic mass is 16.5. The minimum Gasteiger partial charge on any atom is -0.489 e. The number of amides is 1. The SMILES string of the molecule is C#Cc1cccc(NC(=O)COc2ccc(OCc3ccccc3)cc2)c1. The number of anilines is 1. The van der Waals surface area contributed by atoms with Gasteiger partial charge in [-0.3, -0.25) is 4.79 Å². The Labute approximate surface area is 158 Å². The monoisotopic (exact) mass is 357 g/mol. The fourth-order valence-electron chi connectivity index (χ4n) is 2.41. The summed E-state index contributed by atoms with van der Waals surface area (Å²) in [5.41, 5.74) is 2.45. The van der Waals surface area contributed by atoms with Crippen LogP contribution in [0.3, 0.4) is 0 Å². The molecular weight excluding hydrogens is 338 g/mol. The van der Waals surface area contributed by atoms with Gasteiger partial charge in [-0.1, -0.05) is 42.3 Å². The van der Waals surface area contributed by atoms with Crippen molar-refractivity contribution >= 4 is 11.6 Å². The first-order valence-corrected chi connectivity index (χ1v) is 8.49. The molecule has 0 spiro atoms. The molecule has 27 heavy (non-hydrogen) atoms. The van der Waals surface area contributed by atoms with E-state index in [1.807, 2.05) is 42.5 Å². The predicted octanol–water partition coefficient (Wildman–Crippen LogP) is 4.26. The summed E-state index contributed by atoms with van der Waals surface area (Å²) in [6.45, 7) is 0.407. The molecule has 0 unspecified atom stereocenters. The Morgan fingerprint density at radius 3 is 2.30 bits per heavy atom. The van der Waals surface area contributed by atoms with Gasteiger partial charge in [-0.15, -0.1) is 6.42 Å². The topological polar surface area (TPSA) is 47.6 Å². The van der Waals surface area contributed by atoms with Gasteiger partial charge in [0.15, 0.2) is 6.61 Å². The van der Waals surface area contributed by atoms with E-state index in [4.69, 9.17) is 15.9 Å². The van der Waals surface area contributed by atoms with Crippen LogP contribution < -0.4 is 14.8 Å². The number of carbonyl (C=O) groups excluding carboxylic acids is 1. The highest BCUT2D eigenvalue weighted by Gasteiger charge is 2.05. The standard InChI is InChI=1S/C23H19NO3/c1-2-18-9-6-10-20(15-18)24-23(25)17-27-22-13-11-21(12-14-22)26-16-19-7-4-3-5-8-19/h1,3-15H,16-17H2,(H,24,25). The fourth-order valence-corrected chi connectivity index (χ4v) is 2.41. The van der Waals surface area contributed by atoms with Crippen molar-refractivity contribution in [3.05, 3.63) is 90.0 Å². The Hall–Kier alpha value is -3.71. The summed E-state index contributed by atoms with van der Waals surface area (Å²) < 4.78 is 11.2. The van der Waals surface area contributed by atoms with Gasteiger partial charge >= 0.3 is 0 Å².